The Bertz CT molecular complexity index is 448. The molecule has 1 aliphatic heterocycles. The minimum Gasteiger partial charge on any atom is -0.383 e. The number of methoxy groups -OCH3 is 1. The van der Waals surface area contributed by atoms with E-state index in [-0.39, 0.29) is 5.91 Å². The number of hydrogen-bond donors (Lipinski definition) is 1. The minimum atomic E-state index is -0.0633. The smallest absolute Gasteiger partial charge is 0.276 e. The van der Waals surface area contributed by atoms with Crippen LogP contribution in [0.25, 0.3) is 0 Å². The Morgan fingerprint density at radius 1 is 1.55 bits per heavy atom. The lowest BCUT2D eigenvalue weighted by Crippen LogP contribution is -2.34. The maximum atomic E-state index is 12.2. The molecule has 1 fully saturated rings. The zero-order valence-electron chi connectivity index (χ0n) is 12.4. The van der Waals surface area contributed by atoms with Crippen LogP contribution in [0.2, 0.25) is 0 Å². The number of aromatic nitrogens is 3. The van der Waals surface area contributed by atoms with Crippen molar-refractivity contribution in [2.24, 2.45) is 5.92 Å². The molecule has 112 valence electrons. The molecule has 1 aromatic heterocycles. The summed E-state index contributed by atoms with van der Waals surface area (Å²) in [6.45, 7) is 6.38. The third-order valence-electron chi connectivity index (χ3n) is 3.79. The number of rotatable bonds is 6. The van der Waals surface area contributed by atoms with Crippen LogP contribution in [0.4, 0.5) is 0 Å². The lowest BCUT2D eigenvalue weighted by Gasteiger charge is -2.21. The quantitative estimate of drug-likeness (QED) is 0.803. The second-order valence-electron chi connectivity index (χ2n) is 5.39. The monoisotopic (exact) mass is 281 g/mol. The Hall–Kier alpha value is -1.47. The first kappa shape index (κ1) is 14.9. The number of aromatic amines is 1. The largest absolute Gasteiger partial charge is 0.383 e. The Morgan fingerprint density at radius 3 is 3.00 bits per heavy atom. The number of nitrogens with one attached hydrogen (secondary N) is 1. The molecule has 20 heavy (non-hydrogen) atoms. The van der Waals surface area contributed by atoms with E-state index in [4.69, 9.17) is 4.74 Å². The lowest BCUT2D eigenvalue weighted by molar-refractivity contribution is 0.0765. The van der Waals surface area contributed by atoms with Gasteiger partial charge in [-0.3, -0.25) is 4.79 Å². The van der Waals surface area contributed by atoms with E-state index in [0.717, 1.165) is 39.2 Å². The van der Waals surface area contributed by atoms with E-state index >= 15 is 0 Å². The Morgan fingerprint density at radius 2 is 2.35 bits per heavy atom. The van der Waals surface area contributed by atoms with Crippen LogP contribution in [0.5, 0.6) is 0 Å². The van der Waals surface area contributed by atoms with Gasteiger partial charge < -0.3 is 14.5 Å². The molecule has 1 saturated heterocycles. The molecule has 7 heteroatoms. The fraction of sp³-hybridized carbons (Fsp3) is 0.769. The summed E-state index contributed by atoms with van der Waals surface area (Å²) in [5, 5.41) is 10.3. The lowest BCUT2D eigenvalue weighted by atomic mass is 10.1. The molecule has 0 aliphatic carbocycles. The van der Waals surface area contributed by atoms with Crippen molar-refractivity contribution >= 4 is 5.91 Å². The second kappa shape index (κ2) is 6.81. The summed E-state index contributed by atoms with van der Waals surface area (Å²) in [7, 11) is 3.55. The Balaban J connectivity index is 1.82. The van der Waals surface area contributed by atoms with Crippen molar-refractivity contribution in [3.8, 4) is 0 Å². The third kappa shape index (κ3) is 3.55. The van der Waals surface area contributed by atoms with Crippen LogP contribution in [-0.2, 0) is 4.74 Å². The Labute approximate surface area is 119 Å². The molecule has 1 N–H and O–H groups in total. The number of nitrogens with zero attached hydrogens (tertiary/aromatic N) is 4. The topological polar surface area (TPSA) is 74.3 Å². The van der Waals surface area contributed by atoms with Gasteiger partial charge in [0.2, 0.25) is 0 Å². The fourth-order valence-corrected chi connectivity index (χ4v) is 2.62. The molecule has 1 amide bonds. The molecule has 2 heterocycles. The summed E-state index contributed by atoms with van der Waals surface area (Å²) in [5.74, 6) is 0.458. The first-order valence-electron chi connectivity index (χ1n) is 6.96. The number of hydrogen-bond acceptors (Lipinski definition) is 5. The highest BCUT2D eigenvalue weighted by molar-refractivity contribution is 5.92. The van der Waals surface area contributed by atoms with Crippen LogP contribution < -0.4 is 0 Å². The molecule has 7 nitrogen and oxygen atoms in total. The van der Waals surface area contributed by atoms with Crippen LogP contribution in [0, 0.1) is 12.8 Å². The SMILES string of the molecule is COCCN1CC[C@H](CN(C)C(=O)c2n[nH]nc2C)C1. The van der Waals surface area contributed by atoms with Crippen LogP contribution in [0.3, 0.4) is 0 Å². The van der Waals surface area contributed by atoms with Gasteiger partial charge in [-0.2, -0.15) is 15.4 Å². The molecule has 1 aromatic rings. The molecule has 0 spiro atoms. The van der Waals surface area contributed by atoms with Gasteiger partial charge in [0.25, 0.3) is 5.91 Å². The normalized spacial score (nSPS) is 19.4. The van der Waals surface area contributed by atoms with Gasteiger partial charge in [-0.1, -0.05) is 0 Å². The number of aryl methyl sites for hydroxylation is 1. The van der Waals surface area contributed by atoms with E-state index in [1.165, 1.54) is 0 Å². The number of ether oxygens (including phenoxy) is 1. The first-order chi connectivity index (χ1) is 9.61. The first-order valence-corrected chi connectivity index (χ1v) is 6.96. The maximum absolute atomic E-state index is 12.2. The zero-order chi connectivity index (χ0) is 14.5. The second-order valence-corrected chi connectivity index (χ2v) is 5.39. The third-order valence-corrected chi connectivity index (χ3v) is 3.79. The molecular formula is C13H23N5O2. The predicted octanol–water partition coefficient (Wildman–Crippen LogP) is 0.153. The molecular weight excluding hydrogens is 258 g/mol. The van der Waals surface area contributed by atoms with Crippen LogP contribution in [0.1, 0.15) is 22.6 Å². The molecule has 0 radical (unpaired) electrons. The number of carbonyl (C=O) groups excluding carboxylic acids is 1. The van der Waals surface area contributed by atoms with E-state index in [9.17, 15) is 4.79 Å². The van der Waals surface area contributed by atoms with Crippen molar-refractivity contribution in [1.29, 1.82) is 0 Å². The van der Waals surface area contributed by atoms with E-state index in [2.05, 4.69) is 20.3 Å². The maximum Gasteiger partial charge on any atom is 0.276 e. The number of carbonyl (C=O) groups is 1. The summed E-state index contributed by atoms with van der Waals surface area (Å²) in [6, 6.07) is 0. The van der Waals surface area contributed by atoms with Crippen molar-refractivity contribution < 1.29 is 9.53 Å². The van der Waals surface area contributed by atoms with E-state index in [1.807, 2.05) is 7.05 Å². The zero-order valence-corrected chi connectivity index (χ0v) is 12.4. The molecule has 0 bridgehead atoms. The van der Waals surface area contributed by atoms with Gasteiger partial charge in [0.15, 0.2) is 5.69 Å². The van der Waals surface area contributed by atoms with Crippen molar-refractivity contribution in [2.75, 3.05) is 46.9 Å². The van der Waals surface area contributed by atoms with Crippen molar-refractivity contribution in [1.82, 2.24) is 25.2 Å². The predicted molar refractivity (Wildman–Crippen MR) is 74.5 cm³/mol. The average Bonchev–Trinajstić information content (AvgIpc) is 3.04. The molecule has 0 saturated carbocycles. The standard InChI is InChI=1S/C13H23N5O2/c1-10-12(15-16-14-10)13(19)17(2)8-11-4-5-18(9-11)6-7-20-3/h11H,4-9H2,1-3H3,(H,14,15,16)/t11-/m1/s1. The van der Waals surface area contributed by atoms with Crippen LogP contribution in [0.15, 0.2) is 0 Å². The molecule has 2 rings (SSSR count). The summed E-state index contributed by atoms with van der Waals surface area (Å²) in [4.78, 5) is 16.4. The van der Waals surface area contributed by atoms with E-state index < -0.39 is 0 Å². The van der Waals surface area contributed by atoms with E-state index in [1.54, 1.807) is 18.9 Å². The summed E-state index contributed by atoms with van der Waals surface area (Å²) in [5.41, 5.74) is 1.07. The molecule has 1 atom stereocenters. The van der Waals surface area contributed by atoms with Gasteiger partial charge in [-0.15, -0.1) is 0 Å². The van der Waals surface area contributed by atoms with Gasteiger partial charge in [0.1, 0.15) is 0 Å². The molecule has 0 aromatic carbocycles. The Kier molecular flexibility index (Phi) is 5.08. The summed E-state index contributed by atoms with van der Waals surface area (Å²) in [6.07, 6.45) is 1.12. The van der Waals surface area contributed by atoms with E-state index in [0.29, 0.717) is 17.3 Å². The highest BCUT2D eigenvalue weighted by Gasteiger charge is 2.26. The van der Waals surface area contributed by atoms with Gasteiger partial charge >= 0.3 is 0 Å². The van der Waals surface area contributed by atoms with Crippen molar-refractivity contribution in [2.45, 2.75) is 13.3 Å². The number of amides is 1. The highest BCUT2D eigenvalue weighted by atomic mass is 16.5. The van der Waals surface area contributed by atoms with Crippen molar-refractivity contribution in [3.63, 3.8) is 0 Å². The minimum absolute atomic E-state index is 0.0633. The van der Waals surface area contributed by atoms with Crippen LogP contribution >= 0.6 is 0 Å². The van der Waals surface area contributed by atoms with Gasteiger partial charge in [0.05, 0.1) is 12.3 Å². The summed E-state index contributed by atoms with van der Waals surface area (Å²) >= 11 is 0. The van der Waals surface area contributed by atoms with Gasteiger partial charge in [-0.25, -0.2) is 0 Å². The van der Waals surface area contributed by atoms with Gasteiger partial charge in [-0.05, 0) is 25.8 Å². The van der Waals surface area contributed by atoms with Crippen molar-refractivity contribution in [3.05, 3.63) is 11.4 Å². The summed E-state index contributed by atoms with van der Waals surface area (Å²) < 4.78 is 5.10. The average molecular weight is 281 g/mol. The van der Waals surface area contributed by atoms with Gasteiger partial charge in [0, 0.05) is 33.8 Å². The highest BCUT2D eigenvalue weighted by Crippen LogP contribution is 2.17. The number of H-pyrrole nitrogens is 1. The van der Waals surface area contributed by atoms with Crippen LogP contribution in [-0.4, -0.2) is 78.1 Å². The number of likely N-dealkylation sites (tertiary alicyclic amines) is 1. The molecule has 0 unspecified atom stereocenters. The fourth-order valence-electron chi connectivity index (χ4n) is 2.62. The molecule has 1 aliphatic rings.